The maximum atomic E-state index is 13.1. The summed E-state index contributed by atoms with van der Waals surface area (Å²) in [6, 6.07) is 14.4. The van der Waals surface area contributed by atoms with Crippen molar-refractivity contribution in [3.8, 4) is 11.3 Å². The number of thiazole rings is 1. The number of carbonyl (C=O) groups is 1. The van der Waals surface area contributed by atoms with Gasteiger partial charge in [-0.15, -0.1) is 11.3 Å². The third kappa shape index (κ3) is 5.40. The van der Waals surface area contributed by atoms with Crippen LogP contribution in [0.25, 0.3) is 11.3 Å². The van der Waals surface area contributed by atoms with Crippen LogP contribution in [0.2, 0.25) is 0 Å². The van der Waals surface area contributed by atoms with Crippen molar-refractivity contribution in [2.45, 2.75) is 44.9 Å². The van der Waals surface area contributed by atoms with E-state index < -0.39 is 10.0 Å². The van der Waals surface area contributed by atoms with Crippen LogP contribution in [-0.4, -0.2) is 36.7 Å². The number of aromatic nitrogens is 1. The van der Waals surface area contributed by atoms with Gasteiger partial charge in [0.15, 0.2) is 5.13 Å². The van der Waals surface area contributed by atoms with E-state index >= 15 is 0 Å². The topological polar surface area (TPSA) is 79.4 Å². The number of carbonyl (C=O) groups excluding carboxylic acids is 1. The van der Waals surface area contributed by atoms with Gasteiger partial charge in [0.2, 0.25) is 10.0 Å². The zero-order valence-electron chi connectivity index (χ0n) is 20.0. The molecule has 4 rings (SSSR count). The Labute approximate surface area is 206 Å². The number of sulfonamides is 1. The van der Waals surface area contributed by atoms with Crippen LogP contribution >= 0.6 is 11.3 Å². The smallest absolute Gasteiger partial charge is 0.257 e. The highest BCUT2D eigenvalue weighted by Crippen LogP contribution is 2.28. The number of nitrogens with zero attached hydrogens (tertiary/aromatic N) is 2. The van der Waals surface area contributed by atoms with Crippen molar-refractivity contribution in [2.75, 3.05) is 18.4 Å². The summed E-state index contributed by atoms with van der Waals surface area (Å²) in [5.74, 6) is 0.813. The maximum Gasteiger partial charge on any atom is 0.257 e. The molecule has 1 amide bonds. The molecule has 2 aromatic carbocycles. The summed E-state index contributed by atoms with van der Waals surface area (Å²) < 4.78 is 27.7. The fourth-order valence-electron chi connectivity index (χ4n) is 4.40. The van der Waals surface area contributed by atoms with E-state index in [1.54, 1.807) is 16.4 Å². The molecule has 2 heterocycles. The second-order valence-corrected chi connectivity index (χ2v) is 12.4. The minimum absolute atomic E-state index is 0.215. The van der Waals surface area contributed by atoms with Crippen LogP contribution < -0.4 is 5.32 Å². The fourth-order valence-corrected chi connectivity index (χ4v) is 6.80. The lowest BCUT2D eigenvalue weighted by molar-refractivity contribution is 0.102. The van der Waals surface area contributed by atoms with Gasteiger partial charge in [0, 0.05) is 29.6 Å². The molecule has 1 saturated heterocycles. The molecule has 2 atom stereocenters. The number of anilines is 1. The first kappa shape index (κ1) is 24.6. The summed E-state index contributed by atoms with van der Waals surface area (Å²) in [4.78, 5) is 17.5. The summed E-state index contributed by atoms with van der Waals surface area (Å²) in [6.45, 7) is 9.53. The third-order valence-corrected chi connectivity index (χ3v) is 8.79. The SMILES string of the molecule is CC(C)c1ccc(-c2csc(NC(=O)c3ccc(S(=O)(=O)N4C[C@H](C)C[C@H](C)C4)cc3)n2)cc1. The average molecular weight is 498 g/mol. The Balaban J connectivity index is 1.43. The van der Waals surface area contributed by atoms with Crippen LogP contribution in [0.1, 0.15) is 56.0 Å². The van der Waals surface area contributed by atoms with Gasteiger partial charge in [-0.2, -0.15) is 4.31 Å². The highest BCUT2D eigenvalue weighted by atomic mass is 32.2. The lowest BCUT2D eigenvalue weighted by Gasteiger charge is -2.34. The van der Waals surface area contributed by atoms with E-state index in [1.165, 1.54) is 29.0 Å². The Bertz CT molecular complexity index is 1240. The lowest BCUT2D eigenvalue weighted by Crippen LogP contribution is -2.42. The Hall–Kier alpha value is -2.55. The molecular formula is C26H31N3O3S2. The van der Waals surface area contributed by atoms with Crippen molar-refractivity contribution in [1.82, 2.24) is 9.29 Å². The van der Waals surface area contributed by atoms with Crippen molar-refractivity contribution in [3.05, 3.63) is 65.0 Å². The summed E-state index contributed by atoms with van der Waals surface area (Å²) in [5.41, 5.74) is 3.46. The molecule has 1 fully saturated rings. The monoisotopic (exact) mass is 497 g/mol. The quantitative estimate of drug-likeness (QED) is 0.463. The van der Waals surface area contributed by atoms with E-state index in [0.717, 1.165) is 17.7 Å². The van der Waals surface area contributed by atoms with E-state index in [1.807, 2.05) is 17.5 Å². The molecule has 8 heteroatoms. The first-order chi connectivity index (χ1) is 16.1. The van der Waals surface area contributed by atoms with Crippen molar-refractivity contribution in [2.24, 2.45) is 11.8 Å². The van der Waals surface area contributed by atoms with Gasteiger partial charge in [-0.05, 0) is 54.0 Å². The van der Waals surface area contributed by atoms with E-state index in [-0.39, 0.29) is 10.8 Å². The minimum Gasteiger partial charge on any atom is -0.298 e. The van der Waals surface area contributed by atoms with E-state index in [0.29, 0.717) is 41.5 Å². The largest absolute Gasteiger partial charge is 0.298 e. The van der Waals surface area contributed by atoms with Crippen LogP contribution in [0, 0.1) is 11.8 Å². The van der Waals surface area contributed by atoms with Gasteiger partial charge in [0.05, 0.1) is 10.6 Å². The number of amides is 1. The van der Waals surface area contributed by atoms with Gasteiger partial charge in [0.1, 0.15) is 0 Å². The molecule has 0 unspecified atom stereocenters. The van der Waals surface area contributed by atoms with Crippen LogP contribution in [0.4, 0.5) is 5.13 Å². The van der Waals surface area contributed by atoms with Crippen LogP contribution in [0.5, 0.6) is 0 Å². The van der Waals surface area contributed by atoms with E-state index in [2.05, 4.69) is 50.1 Å². The first-order valence-corrected chi connectivity index (χ1v) is 13.9. The van der Waals surface area contributed by atoms with Crippen molar-refractivity contribution >= 4 is 32.4 Å². The normalized spacial score (nSPS) is 19.3. The van der Waals surface area contributed by atoms with Gasteiger partial charge in [-0.3, -0.25) is 10.1 Å². The Morgan fingerprint density at radius 2 is 1.65 bits per heavy atom. The van der Waals surface area contributed by atoms with Gasteiger partial charge in [-0.1, -0.05) is 52.0 Å². The molecule has 180 valence electrons. The van der Waals surface area contributed by atoms with Gasteiger partial charge < -0.3 is 0 Å². The molecule has 0 saturated carbocycles. The molecular weight excluding hydrogens is 466 g/mol. The van der Waals surface area contributed by atoms with Gasteiger partial charge >= 0.3 is 0 Å². The molecule has 1 aromatic heterocycles. The van der Waals surface area contributed by atoms with Crippen molar-refractivity contribution in [3.63, 3.8) is 0 Å². The second-order valence-electron chi connectivity index (χ2n) is 9.56. The van der Waals surface area contributed by atoms with Crippen LogP contribution in [0.15, 0.2) is 58.8 Å². The predicted octanol–water partition coefficient (Wildman–Crippen LogP) is 5.85. The number of hydrogen-bond donors (Lipinski definition) is 1. The highest BCUT2D eigenvalue weighted by Gasteiger charge is 2.31. The molecule has 6 nitrogen and oxygen atoms in total. The number of benzene rings is 2. The Kier molecular flexibility index (Phi) is 7.21. The molecule has 1 N–H and O–H groups in total. The number of hydrogen-bond acceptors (Lipinski definition) is 5. The zero-order valence-corrected chi connectivity index (χ0v) is 21.6. The summed E-state index contributed by atoms with van der Waals surface area (Å²) >= 11 is 1.36. The maximum absolute atomic E-state index is 13.1. The van der Waals surface area contributed by atoms with Crippen LogP contribution in [-0.2, 0) is 10.0 Å². The molecule has 34 heavy (non-hydrogen) atoms. The number of piperidine rings is 1. The average Bonchev–Trinajstić information content (AvgIpc) is 3.27. The second kappa shape index (κ2) is 9.98. The predicted molar refractivity (Wildman–Crippen MR) is 138 cm³/mol. The molecule has 0 aliphatic carbocycles. The molecule has 0 radical (unpaired) electrons. The molecule has 1 aliphatic rings. The molecule has 3 aromatic rings. The minimum atomic E-state index is -3.57. The fraction of sp³-hybridized carbons (Fsp3) is 0.385. The van der Waals surface area contributed by atoms with E-state index in [9.17, 15) is 13.2 Å². The zero-order chi connectivity index (χ0) is 24.5. The van der Waals surface area contributed by atoms with Crippen molar-refractivity contribution in [1.29, 1.82) is 0 Å². The Morgan fingerprint density at radius 3 is 2.24 bits per heavy atom. The summed E-state index contributed by atoms with van der Waals surface area (Å²) in [6.07, 6.45) is 1.03. The number of nitrogens with one attached hydrogen (secondary N) is 1. The molecule has 1 aliphatic heterocycles. The van der Waals surface area contributed by atoms with Gasteiger partial charge in [0.25, 0.3) is 5.91 Å². The van der Waals surface area contributed by atoms with E-state index in [4.69, 9.17) is 0 Å². The third-order valence-electron chi connectivity index (χ3n) is 6.19. The lowest BCUT2D eigenvalue weighted by atomic mass is 9.94. The Morgan fingerprint density at radius 1 is 1.03 bits per heavy atom. The van der Waals surface area contributed by atoms with Gasteiger partial charge in [-0.25, -0.2) is 13.4 Å². The molecule has 0 spiro atoms. The van der Waals surface area contributed by atoms with Crippen LogP contribution in [0.3, 0.4) is 0 Å². The summed E-state index contributed by atoms with van der Waals surface area (Å²) in [7, 11) is -3.57. The highest BCUT2D eigenvalue weighted by molar-refractivity contribution is 7.89. The first-order valence-electron chi connectivity index (χ1n) is 11.6. The molecule has 0 bridgehead atoms. The standard InChI is InChI=1S/C26H31N3O3S2/c1-17(2)20-5-7-21(8-6-20)24-16-33-26(27-24)28-25(30)22-9-11-23(12-10-22)34(31,32)29-14-18(3)13-19(4)15-29/h5-12,16-19H,13-15H2,1-4H3,(H,27,28,30)/t18-,19+. The van der Waals surface area contributed by atoms with Crippen molar-refractivity contribution < 1.29 is 13.2 Å². The summed E-state index contributed by atoms with van der Waals surface area (Å²) in [5, 5.41) is 5.23. The number of rotatable bonds is 6.